The van der Waals surface area contributed by atoms with Crippen LogP contribution in [-0.2, 0) is 6.42 Å². The summed E-state index contributed by atoms with van der Waals surface area (Å²) in [4.78, 5) is 11.4. The molecule has 1 heterocycles. The van der Waals surface area contributed by atoms with Crippen molar-refractivity contribution < 1.29 is 18.8 Å². The molecule has 0 radical (unpaired) electrons. The molecule has 0 bridgehead atoms. The Kier molecular flexibility index (Phi) is 3.88. The first kappa shape index (κ1) is 14.2. The summed E-state index contributed by atoms with van der Waals surface area (Å²) in [6, 6.07) is 4.37. The van der Waals surface area contributed by atoms with Crippen LogP contribution in [0.25, 0.3) is 11.3 Å². The van der Waals surface area contributed by atoms with Gasteiger partial charge in [0, 0.05) is 12.0 Å². The maximum Gasteiger partial charge on any atom is 0.341 e. The van der Waals surface area contributed by atoms with Crippen LogP contribution in [0.5, 0.6) is 0 Å². The first-order valence-electron chi connectivity index (χ1n) is 6.38. The van der Waals surface area contributed by atoms with Crippen LogP contribution in [0, 0.1) is 18.7 Å². The number of nitrogens with zero attached hydrogens (tertiary/aromatic N) is 1. The van der Waals surface area contributed by atoms with E-state index >= 15 is 0 Å². The van der Waals surface area contributed by atoms with Crippen LogP contribution in [0.2, 0.25) is 0 Å². The van der Waals surface area contributed by atoms with E-state index in [1.807, 2.05) is 13.8 Å². The normalized spacial score (nSPS) is 11.1. The molecule has 4 nitrogen and oxygen atoms in total. The minimum absolute atomic E-state index is 0.0599. The van der Waals surface area contributed by atoms with Gasteiger partial charge in [0.25, 0.3) is 0 Å². The molecule has 5 heteroatoms. The van der Waals surface area contributed by atoms with Crippen LogP contribution in [0.15, 0.2) is 22.7 Å². The smallest absolute Gasteiger partial charge is 0.341 e. The number of carbonyl (C=O) groups is 1. The van der Waals surface area contributed by atoms with Crippen molar-refractivity contribution in [1.29, 1.82) is 0 Å². The summed E-state index contributed by atoms with van der Waals surface area (Å²) in [7, 11) is 0. The molecule has 0 spiro atoms. The summed E-state index contributed by atoms with van der Waals surface area (Å²) in [5.41, 5.74) is 1.29. The van der Waals surface area contributed by atoms with E-state index in [0.717, 1.165) is 0 Å². The zero-order valence-corrected chi connectivity index (χ0v) is 11.6. The second-order valence-electron chi connectivity index (χ2n) is 5.20. The van der Waals surface area contributed by atoms with Crippen LogP contribution >= 0.6 is 0 Å². The van der Waals surface area contributed by atoms with Gasteiger partial charge in [-0.1, -0.05) is 19.0 Å². The van der Waals surface area contributed by atoms with Gasteiger partial charge in [0.15, 0.2) is 5.76 Å². The number of hydrogen-bond donors (Lipinski definition) is 1. The zero-order chi connectivity index (χ0) is 14.9. The number of aryl methyl sites for hydroxylation is 1. The predicted octanol–water partition coefficient (Wildman–Crippen LogP) is 3.69. The number of aromatic nitrogens is 1. The van der Waals surface area contributed by atoms with Crippen LogP contribution in [0.3, 0.4) is 0 Å². The Morgan fingerprint density at radius 3 is 2.70 bits per heavy atom. The zero-order valence-electron chi connectivity index (χ0n) is 11.6. The molecule has 20 heavy (non-hydrogen) atoms. The van der Waals surface area contributed by atoms with E-state index in [0.29, 0.717) is 23.3 Å². The Labute approximate surface area is 116 Å². The number of aromatic carboxylic acids is 1. The van der Waals surface area contributed by atoms with Gasteiger partial charge in [-0.3, -0.25) is 0 Å². The van der Waals surface area contributed by atoms with Crippen molar-refractivity contribution in [2.24, 2.45) is 5.92 Å². The molecule has 1 N–H and O–H groups in total. The second kappa shape index (κ2) is 5.45. The predicted molar refractivity (Wildman–Crippen MR) is 72.1 cm³/mol. The molecule has 0 aliphatic rings. The first-order chi connectivity index (χ1) is 9.40. The Morgan fingerprint density at radius 2 is 2.15 bits per heavy atom. The van der Waals surface area contributed by atoms with E-state index in [2.05, 4.69) is 5.16 Å². The SMILES string of the molecule is Cc1cc(-c2noc(CC(C)C)c2C(=O)O)ccc1F. The van der Waals surface area contributed by atoms with Crippen LogP contribution in [0.4, 0.5) is 4.39 Å². The topological polar surface area (TPSA) is 63.3 Å². The molecule has 0 saturated heterocycles. The van der Waals surface area contributed by atoms with E-state index in [-0.39, 0.29) is 23.0 Å². The lowest BCUT2D eigenvalue weighted by Crippen LogP contribution is -2.04. The van der Waals surface area contributed by atoms with Crippen molar-refractivity contribution in [1.82, 2.24) is 5.16 Å². The average molecular weight is 277 g/mol. The van der Waals surface area contributed by atoms with E-state index in [1.165, 1.54) is 12.1 Å². The molecule has 0 aliphatic carbocycles. The maximum absolute atomic E-state index is 13.3. The summed E-state index contributed by atoms with van der Waals surface area (Å²) < 4.78 is 18.5. The molecule has 0 aliphatic heterocycles. The third-order valence-electron chi connectivity index (χ3n) is 3.00. The van der Waals surface area contributed by atoms with Crippen molar-refractivity contribution in [3.8, 4) is 11.3 Å². The fraction of sp³-hybridized carbons (Fsp3) is 0.333. The third kappa shape index (κ3) is 2.71. The number of rotatable bonds is 4. The molecule has 0 amide bonds. The van der Waals surface area contributed by atoms with Gasteiger partial charge in [-0.15, -0.1) is 0 Å². The average Bonchev–Trinajstić information content (AvgIpc) is 2.75. The Morgan fingerprint density at radius 1 is 1.45 bits per heavy atom. The van der Waals surface area contributed by atoms with Gasteiger partial charge in [-0.25, -0.2) is 9.18 Å². The quantitative estimate of drug-likeness (QED) is 0.925. The molecule has 0 unspecified atom stereocenters. The molecule has 0 fully saturated rings. The van der Waals surface area contributed by atoms with E-state index in [9.17, 15) is 14.3 Å². The summed E-state index contributed by atoms with van der Waals surface area (Å²) in [6.45, 7) is 5.56. The number of benzene rings is 1. The van der Waals surface area contributed by atoms with Gasteiger partial charge in [0.1, 0.15) is 17.1 Å². The molecule has 0 saturated carbocycles. The standard InChI is InChI=1S/C15H16FNO3/c1-8(2)6-12-13(15(18)19)14(17-20-12)10-4-5-11(16)9(3)7-10/h4-5,7-8H,6H2,1-3H3,(H,18,19). The van der Waals surface area contributed by atoms with Gasteiger partial charge in [0.05, 0.1) is 0 Å². The lowest BCUT2D eigenvalue weighted by atomic mass is 10.00. The molecule has 1 aromatic carbocycles. The van der Waals surface area contributed by atoms with Crippen molar-refractivity contribution in [3.05, 3.63) is 40.9 Å². The van der Waals surface area contributed by atoms with E-state index in [4.69, 9.17) is 4.52 Å². The number of carboxylic acid groups (broad SMARTS) is 1. The summed E-state index contributed by atoms with van der Waals surface area (Å²) in [5, 5.41) is 13.2. The van der Waals surface area contributed by atoms with Crippen molar-refractivity contribution in [2.45, 2.75) is 27.2 Å². The molecule has 106 valence electrons. The van der Waals surface area contributed by atoms with Gasteiger partial charge in [-0.2, -0.15) is 0 Å². The summed E-state index contributed by atoms with van der Waals surface area (Å²) >= 11 is 0. The van der Waals surface area contributed by atoms with Crippen LogP contribution < -0.4 is 0 Å². The van der Waals surface area contributed by atoms with E-state index in [1.54, 1.807) is 13.0 Å². The number of halogens is 1. The monoisotopic (exact) mass is 277 g/mol. The Bertz CT molecular complexity index is 647. The first-order valence-corrected chi connectivity index (χ1v) is 6.38. The summed E-state index contributed by atoms with van der Waals surface area (Å²) in [6.07, 6.45) is 0.495. The van der Waals surface area contributed by atoms with Crippen LogP contribution in [-0.4, -0.2) is 16.2 Å². The van der Waals surface area contributed by atoms with Crippen molar-refractivity contribution in [3.63, 3.8) is 0 Å². The lowest BCUT2D eigenvalue weighted by molar-refractivity contribution is 0.0695. The minimum Gasteiger partial charge on any atom is -0.477 e. The molecule has 1 aromatic heterocycles. The highest BCUT2D eigenvalue weighted by atomic mass is 19.1. The Hall–Kier alpha value is -2.17. The molecule has 2 aromatic rings. The fourth-order valence-corrected chi connectivity index (χ4v) is 2.04. The van der Waals surface area contributed by atoms with Crippen LogP contribution in [0.1, 0.15) is 35.5 Å². The molecular weight excluding hydrogens is 261 g/mol. The molecular formula is C15H16FNO3. The molecule has 0 atom stereocenters. The van der Waals surface area contributed by atoms with Gasteiger partial charge < -0.3 is 9.63 Å². The highest BCUT2D eigenvalue weighted by Gasteiger charge is 2.24. The van der Waals surface area contributed by atoms with Gasteiger partial charge >= 0.3 is 5.97 Å². The lowest BCUT2D eigenvalue weighted by Gasteiger charge is -2.03. The minimum atomic E-state index is -1.08. The number of carboxylic acids is 1. The van der Waals surface area contributed by atoms with E-state index < -0.39 is 5.97 Å². The summed E-state index contributed by atoms with van der Waals surface area (Å²) in [5.74, 6) is -0.816. The number of hydrogen-bond acceptors (Lipinski definition) is 3. The Balaban J connectivity index is 2.53. The van der Waals surface area contributed by atoms with Crippen molar-refractivity contribution in [2.75, 3.05) is 0 Å². The van der Waals surface area contributed by atoms with Gasteiger partial charge in [0.2, 0.25) is 0 Å². The highest BCUT2D eigenvalue weighted by Crippen LogP contribution is 2.28. The van der Waals surface area contributed by atoms with Gasteiger partial charge in [-0.05, 0) is 36.6 Å². The van der Waals surface area contributed by atoms with Crippen molar-refractivity contribution >= 4 is 5.97 Å². The maximum atomic E-state index is 13.3. The highest BCUT2D eigenvalue weighted by molar-refractivity contribution is 5.95. The fourth-order valence-electron chi connectivity index (χ4n) is 2.04. The molecule has 2 rings (SSSR count). The largest absolute Gasteiger partial charge is 0.477 e. The third-order valence-corrected chi connectivity index (χ3v) is 3.00. The second-order valence-corrected chi connectivity index (χ2v) is 5.20.